The summed E-state index contributed by atoms with van der Waals surface area (Å²) < 4.78 is 0. The highest BCUT2D eigenvalue weighted by Gasteiger charge is 2.04. The summed E-state index contributed by atoms with van der Waals surface area (Å²) in [5.74, 6) is 5.51. The highest BCUT2D eigenvalue weighted by molar-refractivity contribution is 5.14. The Bertz CT molecular complexity index is 282. The van der Waals surface area contributed by atoms with Crippen molar-refractivity contribution in [2.24, 2.45) is 5.84 Å². The van der Waals surface area contributed by atoms with Crippen LogP contribution in [-0.2, 0) is 6.42 Å². The smallest absolute Gasteiger partial charge is 0.0213 e. The topological polar surface area (TPSA) is 38.0 Å². The third-order valence-electron chi connectivity index (χ3n) is 2.82. The SMILES string of the molecule is C=CCCC(CCCc1ccccc1)NN. The number of nitrogens with two attached hydrogens (primary N) is 1. The van der Waals surface area contributed by atoms with Gasteiger partial charge < -0.3 is 0 Å². The number of aryl methyl sites for hydroxylation is 1. The van der Waals surface area contributed by atoms with Crippen molar-refractivity contribution in [2.45, 2.75) is 38.1 Å². The van der Waals surface area contributed by atoms with Crippen LogP contribution in [-0.4, -0.2) is 6.04 Å². The van der Waals surface area contributed by atoms with Gasteiger partial charge in [-0.2, -0.15) is 0 Å². The van der Waals surface area contributed by atoms with Crippen LogP contribution in [0.1, 0.15) is 31.2 Å². The van der Waals surface area contributed by atoms with Crippen molar-refractivity contribution >= 4 is 0 Å². The summed E-state index contributed by atoms with van der Waals surface area (Å²) in [7, 11) is 0. The molecule has 0 radical (unpaired) electrons. The van der Waals surface area contributed by atoms with E-state index in [1.165, 1.54) is 12.0 Å². The van der Waals surface area contributed by atoms with Crippen molar-refractivity contribution < 1.29 is 0 Å². The molecule has 16 heavy (non-hydrogen) atoms. The molecule has 1 atom stereocenters. The van der Waals surface area contributed by atoms with Crippen LogP contribution in [0.25, 0.3) is 0 Å². The highest BCUT2D eigenvalue weighted by atomic mass is 15.2. The Hall–Kier alpha value is -1.12. The maximum absolute atomic E-state index is 5.51. The van der Waals surface area contributed by atoms with E-state index < -0.39 is 0 Å². The summed E-state index contributed by atoms with van der Waals surface area (Å²) in [6.07, 6.45) is 7.49. The fraction of sp³-hybridized carbons (Fsp3) is 0.429. The Morgan fingerprint density at radius 1 is 1.25 bits per heavy atom. The van der Waals surface area contributed by atoms with Gasteiger partial charge in [0.25, 0.3) is 0 Å². The molecule has 0 fully saturated rings. The summed E-state index contributed by atoms with van der Waals surface area (Å²) in [5, 5.41) is 0. The van der Waals surface area contributed by atoms with Gasteiger partial charge in [-0.3, -0.25) is 11.3 Å². The molecule has 3 N–H and O–H groups in total. The molecule has 0 aliphatic carbocycles. The van der Waals surface area contributed by atoms with E-state index in [4.69, 9.17) is 5.84 Å². The molecule has 0 heterocycles. The maximum atomic E-state index is 5.51. The van der Waals surface area contributed by atoms with Crippen LogP contribution in [0, 0.1) is 0 Å². The lowest BCUT2D eigenvalue weighted by atomic mass is 10.0. The van der Waals surface area contributed by atoms with Crippen LogP contribution >= 0.6 is 0 Å². The first-order valence-corrected chi connectivity index (χ1v) is 5.97. The van der Waals surface area contributed by atoms with Crippen LogP contribution in [0.4, 0.5) is 0 Å². The second kappa shape index (κ2) is 8.08. The molecule has 0 aliphatic rings. The number of benzene rings is 1. The minimum absolute atomic E-state index is 0.418. The monoisotopic (exact) mass is 218 g/mol. The minimum Gasteiger partial charge on any atom is -0.271 e. The second-order valence-electron chi connectivity index (χ2n) is 4.11. The molecular weight excluding hydrogens is 196 g/mol. The number of nitrogens with one attached hydrogen (secondary N) is 1. The molecule has 0 bridgehead atoms. The van der Waals surface area contributed by atoms with E-state index in [0.717, 1.165) is 25.7 Å². The summed E-state index contributed by atoms with van der Waals surface area (Å²) in [4.78, 5) is 0. The fourth-order valence-corrected chi connectivity index (χ4v) is 1.83. The van der Waals surface area contributed by atoms with Gasteiger partial charge in [-0.15, -0.1) is 6.58 Å². The van der Waals surface area contributed by atoms with Gasteiger partial charge in [0.15, 0.2) is 0 Å². The van der Waals surface area contributed by atoms with Crippen molar-refractivity contribution in [1.82, 2.24) is 5.43 Å². The second-order valence-corrected chi connectivity index (χ2v) is 4.11. The number of hydrogen-bond donors (Lipinski definition) is 2. The molecule has 0 saturated heterocycles. The van der Waals surface area contributed by atoms with Crippen molar-refractivity contribution in [3.63, 3.8) is 0 Å². The van der Waals surface area contributed by atoms with Gasteiger partial charge in [0, 0.05) is 6.04 Å². The van der Waals surface area contributed by atoms with Crippen molar-refractivity contribution in [2.75, 3.05) is 0 Å². The lowest BCUT2D eigenvalue weighted by Gasteiger charge is -2.14. The molecule has 1 rings (SSSR count). The number of hydrogen-bond acceptors (Lipinski definition) is 2. The lowest BCUT2D eigenvalue weighted by molar-refractivity contribution is 0.454. The largest absolute Gasteiger partial charge is 0.271 e. The van der Waals surface area contributed by atoms with E-state index >= 15 is 0 Å². The van der Waals surface area contributed by atoms with Gasteiger partial charge in [-0.05, 0) is 37.7 Å². The third kappa shape index (κ3) is 5.10. The Labute approximate surface area is 98.5 Å². The molecule has 0 aliphatic heterocycles. The van der Waals surface area contributed by atoms with E-state index in [1.54, 1.807) is 0 Å². The van der Waals surface area contributed by atoms with Crippen molar-refractivity contribution in [3.8, 4) is 0 Å². The van der Waals surface area contributed by atoms with Crippen LogP contribution in [0.5, 0.6) is 0 Å². The Kier molecular flexibility index (Phi) is 6.54. The van der Waals surface area contributed by atoms with E-state index in [1.807, 2.05) is 6.08 Å². The quantitative estimate of drug-likeness (QED) is 0.400. The predicted molar refractivity (Wildman–Crippen MR) is 69.9 cm³/mol. The van der Waals surface area contributed by atoms with Crippen LogP contribution in [0.2, 0.25) is 0 Å². The lowest BCUT2D eigenvalue weighted by Crippen LogP contribution is -2.34. The van der Waals surface area contributed by atoms with Crippen molar-refractivity contribution in [3.05, 3.63) is 48.6 Å². The standard InChI is InChI=1S/C14H22N2/c1-2-3-11-14(16-15)12-7-10-13-8-5-4-6-9-13/h2,4-6,8-9,14,16H,1,3,7,10-12,15H2. The Balaban J connectivity index is 2.20. The normalized spacial score (nSPS) is 12.3. The first kappa shape index (κ1) is 12.9. The molecular formula is C14H22N2. The van der Waals surface area contributed by atoms with Gasteiger partial charge >= 0.3 is 0 Å². The van der Waals surface area contributed by atoms with Gasteiger partial charge in [-0.25, -0.2) is 0 Å². The molecule has 0 aromatic heterocycles. The molecule has 2 heteroatoms. The summed E-state index contributed by atoms with van der Waals surface area (Å²) >= 11 is 0. The Morgan fingerprint density at radius 3 is 2.62 bits per heavy atom. The summed E-state index contributed by atoms with van der Waals surface area (Å²) in [6, 6.07) is 11.0. The van der Waals surface area contributed by atoms with Crippen LogP contribution in [0.3, 0.4) is 0 Å². The first-order valence-electron chi connectivity index (χ1n) is 5.97. The Morgan fingerprint density at radius 2 is 2.00 bits per heavy atom. The molecule has 0 spiro atoms. The number of hydrazine groups is 1. The zero-order valence-electron chi connectivity index (χ0n) is 9.86. The van der Waals surface area contributed by atoms with Gasteiger partial charge in [0.1, 0.15) is 0 Å². The average molecular weight is 218 g/mol. The zero-order valence-corrected chi connectivity index (χ0v) is 9.86. The van der Waals surface area contributed by atoms with Gasteiger partial charge in [0.05, 0.1) is 0 Å². The molecule has 2 nitrogen and oxygen atoms in total. The van der Waals surface area contributed by atoms with E-state index in [2.05, 4.69) is 42.3 Å². The summed E-state index contributed by atoms with van der Waals surface area (Å²) in [5.41, 5.74) is 4.28. The van der Waals surface area contributed by atoms with Gasteiger partial charge in [-0.1, -0.05) is 36.4 Å². The summed E-state index contributed by atoms with van der Waals surface area (Å²) in [6.45, 7) is 3.73. The molecule has 1 aromatic carbocycles. The predicted octanol–water partition coefficient (Wildman–Crippen LogP) is 2.81. The number of allylic oxidation sites excluding steroid dienone is 1. The molecule has 88 valence electrons. The molecule has 0 saturated carbocycles. The highest BCUT2D eigenvalue weighted by Crippen LogP contribution is 2.09. The average Bonchev–Trinajstić information content (AvgIpc) is 2.35. The number of rotatable bonds is 8. The third-order valence-corrected chi connectivity index (χ3v) is 2.82. The molecule has 1 unspecified atom stereocenters. The van der Waals surface area contributed by atoms with E-state index in [-0.39, 0.29) is 0 Å². The molecule has 0 amide bonds. The van der Waals surface area contributed by atoms with E-state index in [0.29, 0.717) is 6.04 Å². The first-order chi connectivity index (χ1) is 7.86. The van der Waals surface area contributed by atoms with Gasteiger partial charge in [0.2, 0.25) is 0 Å². The maximum Gasteiger partial charge on any atom is 0.0213 e. The van der Waals surface area contributed by atoms with Crippen LogP contribution in [0.15, 0.2) is 43.0 Å². The van der Waals surface area contributed by atoms with Crippen molar-refractivity contribution in [1.29, 1.82) is 0 Å². The van der Waals surface area contributed by atoms with E-state index in [9.17, 15) is 0 Å². The fourth-order valence-electron chi connectivity index (χ4n) is 1.83. The molecule has 1 aromatic rings. The zero-order chi connectivity index (χ0) is 11.6. The minimum atomic E-state index is 0.418. The van der Waals surface area contributed by atoms with Crippen LogP contribution < -0.4 is 11.3 Å².